The van der Waals surface area contributed by atoms with Crippen molar-refractivity contribution < 1.29 is 24.5 Å². The summed E-state index contributed by atoms with van der Waals surface area (Å²) >= 11 is 0. The van der Waals surface area contributed by atoms with Crippen LogP contribution < -0.4 is 16.2 Å². The molecular weight excluding hydrogens is 252 g/mol. The van der Waals surface area contributed by atoms with Gasteiger partial charge in [-0.05, 0) is 24.1 Å². The molecule has 0 heterocycles. The summed E-state index contributed by atoms with van der Waals surface area (Å²) in [5, 5.41) is 16.2. The monoisotopic (exact) mass is 270 g/mol. The molecule has 106 valence electrons. The number of carboxylic acids is 2. The minimum Gasteiger partial charge on any atom is -0.497 e. The maximum absolute atomic E-state index is 10.5. The summed E-state index contributed by atoms with van der Waals surface area (Å²) < 4.78 is 4.97. The fourth-order valence-corrected chi connectivity index (χ4v) is 1.10. The first-order chi connectivity index (χ1) is 8.90. The molecule has 19 heavy (non-hydrogen) atoms. The summed E-state index contributed by atoms with van der Waals surface area (Å²) in [5.41, 5.74) is 10.8. The van der Waals surface area contributed by atoms with E-state index in [1.165, 1.54) is 0 Å². The summed E-state index contributed by atoms with van der Waals surface area (Å²) in [6.07, 6.45) is 0.333. The van der Waals surface area contributed by atoms with Gasteiger partial charge >= 0.3 is 11.9 Å². The zero-order chi connectivity index (χ0) is 14.8. The van der Waals surface area contributed by atoms with Crippen LogP contribution in [0.25, 0.3) is 0 Å². The largest absolute Gasteiger partial charge is 0.497 e. The number of nitrogens with two attached hydrogens (primary N) is 2. The van der Waals surface area contributed by atoms with Crippen molar-refractivity contribution in [2.24, 2.45) is 11.5 Å². The number of aliphatic carboxylic acids is 2. The average Bonchev–Trinajstić information content (AvgIpc) is 2.40. The predicted octanol–water partition coefficient (Wildman–Crippen LogP) is -0.321. The average molecular weight is 270 g/mol. The van der Waals surface area contributed by atoms with Gasteiger partial charge in [0.15, 0.2) is 0 Å². The Bertz CT molecular complexity index is 405. The van der Waals surface area contributed by atoms with E-state index in [-0.39, 0.29) is 6.54 Å². The second-order valence-electron chi connectivity index (χ2n) is 3.59. The van der Waals surface area contributed by atoms with Crippen LogP contribution in [-0.4, -0.2) is 41.8 Å². The zero-order valence-corrected chi connectivity index (χ0v) is 10.6. The molecule has 6 N–H and O–H groups in total. The molecule has 0 radical (unpaired) electrons. The van der Waals surface area contributed by atoms with Crippen LogP contribution in [0, 0.1) is 0 Å². The van der Waals surface area contributed by atoms with Gasteiger partial charge in [-0.15, -0.1) is 0 Å². The maximum atomic E-state index is 10.5. The molecule has 0 bridgehead atoms. The van der Waals surface area contributed by atoms with Crippen LogP contribution in [0.15, 0.2) is 24.3 Å². The first-order valence-corrected chi connectivity index (χ1v) is 5.43. The third-order valence-electron chi connectivity index (χ3n) is 2.11. The summed E-state index contributed by atoms with van der Waals surface area (Å²) in [5.74, 6) is -1.21. The van der Waals surface area contributed by atoms with Gasteiger partial charge in [0.2, 0.25) is 0 Å². The second-order valence-corrected chi connectivity index (χ2v) is 3.59. The van der Waals surface area contributed by atoms with Gasteiger partial charge in [0.1, 0.15) is 11.8 Å². The zero-order valence-electron chi connectivity index (χ0n) is 10.6. The topological polar surface area (TPSA) is 136 Å². The number of carboxylic acid groups (broad SMARTS) is 2. The van der Waals surface area contributed by atoms with E-state index in [1.54, 1.807) is 19.2 Å². The summed E-state index contributed by atoms with van der Waals surface area (Å²) in [6.45, 7) is -0.278. The highest BCUT2D eigenvalue weighted by Gasteiger charge is 2.11. The van der Waals surface area contributed by atoms with Gasteiger partial charge in [0.05, 0.1) is 13.7 Å². The first kappa shape index (κ1) is 16.9. The smallest absolute Gasteiger partial charge is 0.320 e. The van der Waals surface area contributed by atoms with Gasteiger partial charge in [-0.2, -0.15) is 0 Å². The maximum Gasteiger partial charge on any atom is 0.320 e. The molecule has 1 aromatic carbocycles. The Morgan fingerprint density at radius 2 is 1.74 bits per heavy atom. The summed E-state index contributed by atoms with van der Waals surface area (Å²) in [6, 6.07) is 6.33. The van der Waals surface area contributed by atoms with Crippen molar-refractivity contribution in [1.29, 1.82) is 0 Å². The number of ether oxygens (including phenoxy) is 1. The van der Waals surface area contributed by atoms with E-state index < -0.39 is 18.0 Å². The van der Waals surface area contributed by atoms with Crippen molar-refractivity contribution in [1.82, 2.24) is 0 Å². The van der Waals surface area contributed by atoms with Crippen molar-refractivity contribution in [3.05, 3.63) is 29.8 Å². The lowest BCUT2D eigenvalue weighted by molar-refractivity contribution is -0.138. The lowest BCUT2D eigenvalue weighted by Gasteiger charge is -2.06. The SMILES string of the molecule is COc1ccc(CC(N)C(=O)O)cc1.NCC(=O)O. The number of hydrogen-bond donors (Lipinski definition) is 4. The van der Waals surface area contributed by atoms with Crippen molar-refractivity contribution in [3.8, 4) is 5.75 Å². The van der Waals surface area contributed by atoms with Gasteiger partial charge in [-0.3, -0.25) is 9.59 Å². The molecule has 0 aromatic heterocycles. The van der Waals surface area contributed by atoms with E-state index in [2.05, 4.69) is 5.73 Å². The number of rotatable bonds is 5. The number of methoxy groups -OCH3 is 1. The molecule has 0 aliphatic rings. The second kappa shape index (κ2) is 8.90. The molecule has 1 atom stereocenters. The Morgan fingerprint density at radius 3 is 2.05 bits per heavy atom. The molecular formula is C12H18N2O5. The molecule has 0 saturated carbocycles. The van der Waals surface area contributed by atoms with E-state index in [0.717, 1.165) is 11.3 Å². The quantitative estimate of drug-likeness (QED) is 0.575. The van der Waals surface area contributed by atoms with Crippen molar-refractivity contribution >= 4 is 11.9 Å². The molecule has 0 aliphatic carbocycles. The lowest BCUT2D eigenvalue weighted by atomic mass is 10.1. The van der Waals surface area contributed by atoms with Gasteiger partial charge in [0, 0.05) is 0 Å². The fourth-order valence-electron chi connectivity index (χ4n) is 1.10. The Hall–Kier alpha value is -2.12. The molecule has 0 saturated heterocycles. The van der Waals surface area contributed by atoms with E-state index in [4.69, 9.17) is 20.7 Å². The van der Waals surface area contributed by atoms with E-state index in [0.29, 0.717) is 6.42 Å². The third-order valence-corrected chi connectivity index (χ3v) is 2.11. The van der Waals surface area contributed by atoms with Gasteiger partial charge in [0.25, 0.3) is 0 Å². The number of hydrogen-bond acceptors (Lipinski definition) is 5. The Kier molecular flexibility index (Phi) is 7.90. The van der Waals surface area contributed by atoms with Gasteiger partial charge < -0.3 is 26.4 Å². The Balaban J connectivity index is 0.000000555. The van der Waals surface area contributed by atoms with E-state index in [9.17, 15) is 9.59 Å². The molecule has 0 amide bonds. The Labute approximate surface area is 110 Å². The minimum absolute atomic E-state index is 0.278. The van der Waals surface area contributed by atoms with Crippen LogP contribution in [-0.2, 0) is 16.0 Å². The minimum atomic E-state index is -0.985. The van der Waals surface area contributed by atoms with Crippen LogP contribution in [0.5, 0.6) is 5.75 Å². The third kappa shape index (κ3) is 7.74. The molecule has 7 nitrogen and oxygen atoms in total. The highest BCUT2D eigenvalue weighted by molar-refractivity contribution is 5.73. The molecule has 0 aliphatic heterocycles. The van der Waals surface area contributed by atoms with Crippen LogP contribution in [0.1, 0.15) is 5.56 Å². The standard InChI is InChI=1S/C10H13NO3.C2H5NO2/c1-14-8-4-2-7(3-5-8)6-9(11)10(12)13;3-1-2(4)5/h2-5,9H,6,11H2,1H3,(H,12,13);1,3H2,(H,4,5). The van der Waals surface area contributed by atoms with Gasteiger partial charge in [-0.25, -0.2) is 0 Å². The molecule has 1 aromatic rings. The molecule has 1 unspecified atom stereocenters. The van der Waals surface area contributed by atoms with Crippen LogP contribution in [0.4, 0.5) is 0 Å². The summed E-state index contributed by atoms with van der Waals surface area (Å²) in [7, 11) is 1.58. The number of benzene rings is 1. The first-order valence-electron chi connectivity index (χ1n) is 5.43. The highest BCUT2D eigenvalue weighted by Crippen LogP contribution is 2.12. The van der Waals surface area contributed by atoms with Crippen LogP contribution >= 0.6 is 0 Å². The van der Waals surface area contributed by atoms with Gasteiger partial charge in [-0.1, -0.05) is 12.1 Å². The lowest BCUT2D eigenvalue weighted by Crippen LogP contribution is -2.32. The normalized spacial score (nSPS) is 10.9. The number of carbonyl (C=O) groups is 2. The molecule has 1 rings (SSSR count). The fraction of sp³-hybridized carbons (Fsp3) is 0.333. The Morgan fingerprint density at radius 1 is 1.26 bits per heavy atom. The predicted molar refractivity (Wildman–Crippen MR) is 69.0 cm³/mol. The van der Waals surface area contributed by atoms with Crippen molar-refractivity contribution in [2.45, 2.75) is 12.5 Å². The van der Waals surface area contributed by atoms with Crippen LogP contribution in [0.3, 0.4) is 0 Å². The van der Waals surface area contributed by atoms with Crippen LogP contribution in [0.2, 0.25) is 0 Å². The molecule has 7 heteroatoms. The molecule has 0 spiro atoms. The van der Waals surface area contributed by atoms with E-state index in [1.807, 2.05) is 12.1 Å². The summed E-state index contributed by atoms with van der Waals surface area (Å²) in [4.78, 5) is 19.7. The van der Waals surface area contributed by atoms with Crippen molar-refractivity contribution in [3.63, 3.8) is 0 Å². The molecule has 0 fully saturated rings. The van der Waals surface area contributed by atoms with Crippen molar-refractivity contribution in [2.75, 3.05) is 13.7 Å². The highest BCUT2D eigenvalue weighted by atomic mass is 16.5. The van der Waals surface area contributed by atoms with E-state index >= 15 is 0 Å².